The third-order valence-corrected chi connectivity index (χ3v) is 6.04. The Balaban J connectivity index is 2.24. The van der Waals surface area contributed by atoms with Crippen molar-refractivity contribution >= 4 is 21.6 Å². The third kappa shape index (κ3) is 2.83. The number of hydrogen-bond acceptors (Lipinski definition) is 6. The van der Waals surface area contributed by atoms with Gasteiger partial charge >= 0.3 is 5.69 Å². The van der Waals surface area contributed by atoms with Crippen LogP contribution in [-0.2, 0) is 17.8 Å². The minimum atomic E-state index is -0.205. The summed E-state index contributed by atoms with van der Waals surface area (Å²) in [5.41, 5.74) is 6.57. The lowest BCUT2D eigenvalue weighted by Crippen LogP contribution is -2.44. The zero-order chi connectivity index (χ0) is 17.3. The quantitative estimate of drug-likeness (QED) is 0.731. The lowest BCUT2D eigenvalue weighted by Gasteiger charge is -2.27. The second-order valence-corrected chi connectivity index (χ2v) is 7.20. The molecule has 0 bridgehead atoms. The Bertz CT molecular complexity index is 848. The highest BCUT2D eigenvalue weighted by atomic mass is 32.1. The first-order valence-corrected chi connectivity index (χ1v) is 9.07. The number of ether oxygens (including phenoxy) is 1. The number of hydrazine groups is 1. The van der Waals surface area contributed by atoms with Crippen molar-refractivity contribution in [3.8, 4) is 0 Å². The molecule has 24 heavy (non-hydrogen) atoms. The van der Waals surface area contributed by atoms with Crippen LogP contribution in [0.5, 0.6) is 0 Å². The zero-order valence-corrected chi connectivity index (χ0v) is 15.2. The normalized spacial score (nSPS) is 15.1. The average molecular weight is 352 g/mol. The highest BCUT2D eigenvalue weighted by molar-refractivity contribution is 7.18. The summed E-state index contributed by atoms with van der Waals surface area (Å²) in [7, 11) is 3.42. The number of rotatable bonds is 7. The van der Waals surface area contributed by atoms with Crippen LogP contribution in [0.2, 0.25) is 0 Å². The van der Waals surface area contributed by atoms with E-state index in [1.807, 2.05) is 6.92 Å². The predicted molar refractivity (Wildman–Crippen MR) is 95.7 cm³/mol. The first-order valence-electron chi connectivity index (χ1n) is 8.26. The maximum absolute atomic E-state index is 13.0. The van der Waals surface area contributed by atoms with Crippen molar-refractivity contribution in [2.45, 2.75) is 45.3 Å². The monoisotopic (exact) mass is 352 g/mol. The summed E-state index contributed by atoms with van der Waals surface area (Å²) in [6.45, 7) is 3.47. The van der Waals surface area contributed by atoms with Gasteiger partial charge in [-0.2, -0.15) is 0 Å². The van der Waals surface area contributed by atoms with E-state index in [0.717, 1.165) is 34.5 Å². The van der Waals surface area contributed by atoms with Crippen LogP contribution in [0.4, 0.5) is 0 Å². The smallest absolute Gasteiger partial charge is 0.332 e. The number of aromatic nitrogens is 2. The van der Waals surface area contributed by atoms with Crippen LogP contribution in [0.15, 0.2) is 9.59 Å². The van der Waals surface area contributed by atoms with Crippen molar-refractivity contribution in [2.24, 2.45) is 0 Å². The van der Waals surface area contributed by atoms with Gasteiger partial charge in [0.05, 0.1) is 18.5 Å². The Morgan fingerprint density at radius 1 is 1.33 bits per heavy atom. The van der Waals surface area contributed by atoms with Gasteiger partial charge in [-0.25, -0.2) is 4.79 Å². The molecular weight excluding hydrogens is 328 g/mol. The van der Waals surface area contributed by atoms with Gasteiger partial charge in [0, 0.05) is 24.6 Å². The highest BCUT2D eigenvalue weighted by Crippen LogP contribution is 2.32. The summed E-state index contributed by atoms with van der Waals surface area (Å²) in [4.78, 5) is 27.8. The molecule has 2 aromatic rings. The van der Waals surface area contributed by atoms with Gasteiger partial charge in [0.2, 0.25) is 0 Å². The molecule has 0 amide bonds. The SMILES string of the molecule is CNNCc1sc2c(c1C)c(=O)n(C1CCC1)c(=O)n2CCOC. The van der Waals surface area contributed by atoms with Crippen LogP contribution in [0, 0.1) is 6.92 Å². The molecule has 2 N–H and O–H groups in total. The van der Waals surface area contributed by atoms with E-state index in [1.165, 1.54) is 15.9 Å². The maximum atomic E-state index is 13.0. The second kappa shape index (κ2) is 7.18. The molecule has 0 radical (unpaired) electrons. The minimum Gasteiger partial charge on any atom is -0.383 e. The summed E-state index contributed by atoms with van der Waals surface area (Å²) in [5.74, 6) is 0. The lowest BCUT2D eigenvalue weighted by atomic mass is 9.93. The first-order chi connectivity index (χ1) is 11.6. The molecule has 7 nitrogen and oxygen atoms in total. The van der Waals surface area contributed by atoms with Gasteiger partial charge in [0.25, 0.3) is 5.56 Å². The second-order valence-electron chi connectivity index (χ2n) is 6.12. The molecule has 2 heterocycles. The summed E-state index contributed by atoms with van der Waals surface area (Å²) >= 11 is 1.51. The zero-order valence-electron chi connectivity index (χ0n) is 14.3. The number of thiophene rings is 1. The molecule has 8 heteroatoms. The lowest BCUT2D eigenvalue weighted by molar-refractivity contribution is 0.185. The molecule has 1 aliphatic carbocycles. The summed E-state index contributed by atoms with van der Waals surface area (Å²) in [6, 6.07) is 0.0429. The van der Waals surface area contributed by atoms with E-state index in [-0.39, 0.29) is 17.3 Å². The molecule has 0 spiro atoms. The number of aryl methyl sites for hydroxylation is 1. The van der Waals surface area contributed by atoms with E-state index in [9.17, 15) is 9.59 Å². The molecule has 0 saturated heterocycles. The van der Waals surface area contributed by atoms with Crippen LogP contribution in [0.3, 0.4) is 0 Å². The van der Waals surface area contributed by atoms with Gasteiger partial charge in [-0.05, 0) is 38.8 Å². The fraction of sp³-hybridized carbons (Fsp3) is 0.625. The first kappa shape index (κ1) is 17.3. The van der Waals surface area contributed by atoms with Crippen LogP contribution in [-0.4, -0.2) is 29.9 Å². The van der Waals surface area contributed by atoms with Gasteiger partial charge in [-0.15, -0.1) is 11.3 Å². The number of fused-ring (bicyclic) bond motifs is 1. The topological polar surface area (TPSA) is 77.3 Å². The van der Waals surface area contributed by atoms with Crippen LogP contribution in [0.25, 0.3) is 10.2 Å². The molecule has 3 rings (SSSR count). The Morgan fingerprint density at radius 3 is 2.67 bits per heavy atom. The number of nitrogens with one attached hydrogen (secondary N) is 2. The van der Waals surface area contributed by atoms with Gasteiger partial charge in [-0.1, -0.05) is 0 Å². The average Bonchev–Trinajstić information content (AvgIpc) is 2.84. The summed E-state index contributed by atoms with van der Waals surface area (Å²) < 4.78 is 8.33. The molecule has 1 fully saturated rings. The fourth-order valence-electron chi connectivity index (χ4n) is 3.09. The van der Waals surface area contributed by atoms with Crippen molar-refractivity contribution in [3.05, 3.63) is 31.3 Å². The molecule has 0 aliphatic heterocycles. The van der Waals surface area contributed by atoms with Gasteiger partial charge in [0.15, 0.2) is 0 Å². The van der Waals surface area contributed by atoms with Crippen molar-refractivity contribution in [1.82, 2.24) is 20.0 Å². The van der Waals surface area contributed by atoms with Crippen LogP contribution >= 0.6 is 11.3 Å². The molecular formula is C16H24N4O3S. The molecule has 132 valence electrons. The third-order valence-electron chi connectivity index (χ3n) is 4.73. The van der Waals surface area contributed by atoms with Gasteiger partial charge in [0.1, 0.15) is 4.83 Å². The van der Waals surface area contributed by atoms with Gasteiger partial charge in [-0.3, -0.25) is 24.8 Å². The highest BCUT2D eigenvalue weighted by Gasteiger charge is 2.27. The summed E-state index contributed by atoms with van der Waals surface area (Å²) in [6.07, 6.45) is 2.89. The number of nitrogens with zero attached hydrogens (tertiary/aromatic N) is 2. The molecule has 0 atom stereocenters. The standard InChI is InChI=1S/C16H24N4O3S/c1-10-12(9-18-17-2)24-15-13(10)14(21)20(11-5-4-6-11)16(22)19(15)7-8-23-3/h11,17-18H,4-9H2,1-3H3. The van der Waals surface area contributed by atoms with E-state index in [4.69, 9.17) is 4.74 Å². The fourth-order valence-corrected chi connectivity index (χ4v) is 4.35. The molecule has 0 aromatic carbocycles. The molecule has 0 unspecified atom stereocenters. The van der Waals surface area contributed by atoms with E-state index < -0.39 is 0 Å². The molecule has 1 aliphatic rings. The molecule has 2 aromatic heterocycles. The Hall–Kier alpha value is -1.48. The molecule has 1 saturated carbocycles. The van der Waals surface area contributed by atoms with Crippen LogP contribution in [0.1, 0.15) is 35.7 Å². The Labute approximate surface area is 144 Å². The van der Waals surface area contributed by atoms with Crippen LogP contribution < -0.4 is 22.1 Å². The number of methoxy groups -OCH3 is 1. The van der Waals surface area contributed by atoms with Crippen molar-refractivity contribution in [2.75, 3.05) is 20.8 Å². The Kier molecular flexibility index (Phi) is 5.19. The van der Waals surface area contributed by atoms with Crippen molar-refractivity contribution < 1.29 is 4.74 Å². The van der Waals surface area contributed by atoms with Gasteiger partial charge < -0.3 is 4.74 Å². The van der Waals surface area contributed by atoms with E-state index >= 15 is 0 Å². The minimum absolute atomic E-state index is 0.0429. The maximum Gasteiger partial charge on any atom is 0.332 e. The van der Waals surface area contributed by atoms with Crippen molar-refractivity contribution in [1.29, 1.82) is 0 Å². The number of hydrogen-bond donors (Lipinski definition) is 2. The van der Waals surface area contributed by atoms with E-state index in [1.54, 1.807) is 18.7 Å². The summed E-state index contributed by atoms with van der Waals surface area (Å²) in [5, 5.41) is 0.676. The predicted octanol–water partition coefficient (Wildman–Crippen LogP) is 1.13. The van der Waals surface area contributed by atoms with Crippen molar-refractivity contribution in [3.63, 3.8) is 0 Å². The Morgan fingerprint density at radius 2 is 2.08 bits per heavy atom. The van der Waals surface area contributed by atoms with E-state index in [2.05, 4.69) is 10.9 Å². The van der Waals surface area contributed by atoms with E-state index in [0.29, 0.717) is 25.1 Å². The largest absolute Gasteiger partial charge is 0.383 e.